The predicted molar refractivity (Wildman–Crippen MR) is 180 cm³/mol. The normalized spacial score (nSPS) is 11.6. The van der Waals surface area contributed by atoms with E-state index in [-0.39, 0.29) is 0 Å². The second-order valence-corrected chi connectivity index (χ2v) is 10.7. The van der Waals surface area contributed by atoms with Crippen LogP contribution in [0.1, 0.15) is 71.1 Å². The zero-order valence-corrected chi connectivity index (χ0v) is 29.4. The summed E-state index contributed by atoms with van der Waals surface area (Å²) >= 11 is 0. The Labute approximate surface area is 280 Å². The lowest BCUT2D eigenvalue weighted by Gasteiger charge is -2.09. The molecular formula is C34H71NO11. The molecule has 0 aliphatic heterocycles. The molecule has 0 heterocycles. The molecule has 0 aliphatic rings. The van der Waals surface area contributed by atoms with Crippen molar-refractivity contribution >= 4 is 0 Å². The van der Waals surface area contributed by atoms with Crippen LogP contribution in [0, 0.1) is 0 Å². The highest BCUT2D eigenvalue weighted by Gasteiger charge is 1.97. The Balaban J connectivity index is 3.03. The number of rotatable bonds is 43. The van der Waals surface area contributed by atoms with Gasteiger partial charge in [0, 0.05) is 13.2 Å². The largest absolute Gasteiger partial charge is 0.379 e. The lowest BCUT2D eigenvalue weighted by atomic mass is 10.1. The van der Waals surface area contributed by atoms with Gasteiger partial charge in [0.05, 0.1) is 139 Å². The zero-order chi connectivity index (χ0) is 33.1. The smallest absolute Gasteiger partial charge is 0.0701 e. The van der Waals surface area contributed by atoms with Gasteiger partial charge in [-0.3, -0.25) is 0 Å². The highest BCUT2D eigenvalue weighted by Crippen LogP contribution is 2.10. The van der Waals surface area contributed by atoms with Crippen LogP contribution in [-0.2, 0) is 52.1 Å². The minimum atomic E-state index is 0.521. The van der Waals surface area contributed by atoms with Crippen molar-refractivity contribution in [2.75, 3.05) is 152 Å². The molecule has 0 aliphatic carbocycles. The Kier molecular flexibility index (Phi) is 44.1. The van der Waals surface area contributed by atoms with Crippen molar-refractivity contribution in [3.05, 3.63) is 0 Å². The maximum Gasteiger partial charge on any atom is 0.0701 e. The summed E-state index contributed by atoms with van der Waals surface area (Å²) in [6.45, 7) is 15.1. The first kappa shape index (κ1) is 45.5. The van der Waals surface area contributed by atoms with E-state index in [1.807, 2.05) is 0 Å². The quantitative estimate of drug-likeness (QED) is 0.0942. The number of nitrogens with two attached hydrogens (primary N) is 1. The van der Waals surface area contributed by atoms with Crippen molar-refractivity contribution in [1.29, 1.82) is 0 Å². The van der Waals surface area contributed by atoms with Crippen LogP contribution in [0.2, 0.25) is 0 Å². The molecule has 0 radical (unpaired) electrons. The first-order valence-corrected chi connectivity index (χ1v) is 18.0. The van der Waals surface area contributed by atoms with Crippen molar-refractivity contribution in [2.45, 2.75) is 71.1 Å². The van der Waals surface area contributed by atoms with Crippen molar-refractivity contribution in [1.82, 2.24) is 0 Å². The van der Waals surface area contributed by atoms with Gasteiger partial charge in [-0.2, -0.15) is 0 Å². The molecule has 2 N–H and O–H groups in total. The second kappa shape index (κ2) is 44.5. The lowest BCUT2D eigenvalue weighted by Crippen LogP contribution is -2.15. The highest BCUT2D eigenvalue weighted by atomic mass is 16.6. The minimum Gasteiger partial charge on any atom is -0.379 e. The Bertz CT molecular complexity index is 479. The number of ether oxygens (including phenoxy) is 11. The van der Waals surface area contributed by atoms with Crippen molar-refractivity contribution in [2.24, 2.45) is 5.73 Å². The number of hydrogen-bond donors (Lipinski definition) is 1. The topological polar surface area (TPSA) is 128 Å². The average Bonchev–Trinajstić information content (AvgIpc) is 3.07. The van der Waals surface area contributed by atoms with E-state index in [2.05, 4.69) is 6.92 Å². The second-order valence-electron chi connectivity index (χ2n) is 10.7. The van der Waals surface area contributed by atoms with E-state index in [0.29, 0.717) is 145 Å². The molecule has 12 heteroatoms. The maximum absolute atomic E-state index is 5.65. The van der Waals surface area contributed by atoms with E-state index >= 15 is 0 Å². The molecule has 278 valence electrons. The van der Waals surface area contributed by atoms with E-state index < -0.39 is 0 Å². The van der Waals surface area contributed by atoms with Gasteiger partial charge in [0.25, 0.3) is 0 Å². The Morgan fingerprint density at radius 3 is 0.674 bits per heavy atom. The standard InChI is InChI=1S/C34H71NO11/c1-2-3-4-5-6-7-8-9-10-11-13-36-15-17-38-19-21-40-23-25-42-27-29-44-31-33-46-34-32-45-30-28-43-26-24-41-22-20-39-18-16-37-14-12-35/h2-35H2,1H3. The Morgan fingerprint density at radius 2 is 0.435 bits per heavy atom. The SMILES string of the molecule is CCCCCCCCCCCCOCCOCCOCCOCCOCCOCCOCCOCCOCCOCCOCCN. The fraction of sp³-hybridized carbons (Fsp3) is 1.00. The third-order valence-electron chi connectivity index (χ3n) is 6.62. The summed E-state index contributed by atoms with van der Waals surface area (Å²) in [6.07, 6.45) is 13.4. The number of hydrogen-bond acceptors (Lipinski definition) is 12. The van der Waals surface area contributed by atoms with E-state index in [1.54, 1.807) is 0 Å². The van der Waals surface area contributed by atoms with Crippen LogP contribution < -0.4 is 5.73 Å². The molecule has 12 nitrogen and oxygen atoms in total. The van der Waals surface area contributed by atoms with Crippen LogP contribution >= 0.6 is 0 Å². The van der Waals surface area contributed by atoms with E-state index in [4.69, 9.17) is 57.8 Å². The van der Waals surface area contributed by atoms with Gasteiger partial charge in [-0.25, -0.2) is 0 Å². The van der Waals surface area contributed by atoms with E-state index in [9.17, 15) is 0 Å². The predicted octanol–water partition coefficient (Wildman–Crippen LogP) is 4.05. The molecule has 0 saturated carbocycles. The van der Waals surface area contributed by atoms with Gasteiger partial charge in [0.1, 0.15) is 0 Å². The Morgan fingerprint density at radius 1 is 0.239 bits per heavy atom. The van der Waals surface area contributed by atoms with Crippen LogP contribution in [0.3, 0.4) is 0 Å². The summed E-state index contributed by atoms with van der Waals surface area (Å²) in [4.78, 5) is 0. The molecule has 0 rings (SSSR count). The molecule has 0 unspecified atom stereocenters. The summed E-state index contributed by atoms with van der Waals surface area (Å²) in [5, 5.41) is 0. The van der Waals surface area contributed by atoms with E-state index in [1.165, 1.54) is 57.8 Å². The lowest BCUT2D eigenvalue weighted by molar-refractivity contribution is -0.0274. The van der Waals surface area contributed by atoms with Gasteiger partial charge < -0.3 is 57.8 Å². The summed E-state index contributed by atoms with van der Waals surface area (Å²) in [6, 6.07) is 0. The van der Waals surface area contributed by atoms with Crippen molar-refractivity contribution in [3.63, 3.8) is 0 Å². The van der Waals surface area contributed by atoms with Crippen LogP contribution in [0.15, 0.2) is 0 Å². The molecule has 0 fully saturated rings. The third kappa shape index (κ3) is 43.5. The van der Waals surface area contributed by atoms with Crippen molar-refractivity contribution in [3.8, 4) is 0 Å². The van der Waals surface area contributed by atoms with Gasteiger partial charge in [-0.1, -0.05) is 64.7 Å². The molecule has 0 aromatic carbocycles. The van der Waals surface area contributed by atoms with Crippen LogP contribution in [0.25, 0.3) is 0 Å². The summed E-state index contributed by atoms with van der Waals surface area (Å²) in [7, 11) is 0. The third-order valence-corrected chi connectivity index (χ3v) is 6.62. The number of unbranched alkanes of at least 4 members (excludes halogenated alkanes) is 9. The fourth-order valence-corrected chi connectivity index (χ4v) is 4.08. The molecular weight excluding hydrogens is 598 g/mol. The molecule has 0 bridgehead atoms. The molecule has 0 aromatic rings. The van der Waals surface area contributed by atoms with Crippen molar-refractivity contribution < 1.29 is 52.1 Å². The van der Waals surface area contributed by atoms with Gasteiger partial charge in [0.15, 0.2) is 0 Å². The fourth-order valence-electron chi connectivity index (χ4n) is 4.08. The van der Waals surface area contributed by atoms with Crippen LogP contribution in [-0.4, -0.2) is 152 Å². The molecule has 0 spiro atoms. The molecule has 0 saturated heterocycles. The summed E-state index contributed by atoms with van der Waals surface area (Å²) in [5.41, 5.74) is 5.33. The first-order chi connectivity index (χ1) is 22.9. The van der Waals surface area contributed by atoms with Crippen LogP contribution in [0.5, 0.6) is 0 Å². The van der Waals surface area contributed by atoms with Gasteiger partial charge in [0.2, 0.25) is 0 Å². The highest BCUT2D eigenvalue weighted by molar-refractivity contribution is 4.47. The zero-order valence-electron chi connectivity index (χ0n) is 29.4. The van der Waals surface area contributed by atoms with Gasteiger partial charge in [-0.05, 0) is 6.42 Å². The maximum atomic E-state index is 5.65. The molecule has 0 atom stereocenters. The molecule has 0 aromatic heterocycles. The molecule has 0 amide bonds. The Hall–Kier alpha value is -0.480. The van der Waals surface area contributed by atoms with Crippen LogP contribution in [0.4, 0.5) is 0 Å². The summed E-state index contributed by atoms with van der Waals surface area (Å²) < 4.78 is 60.1. The van der Waals surface area contributed by atoms with E-state index in [0.717, 1.165) is 13.0 Å². The minimum absolute atomic E-state index is 0.521. The summed E-state index contributed by atoms with van der Waals surface area (Å²) in [5.74, 6) is 0. The van der Waals surface area contributed by atoms with Gasteiger partial charge >= 0.3 is 0 Å². The van der Waals surface area contributed by atoms with Gasteiger partial charge in [-0.15, -0.1) is 0 Å². The average molecular weight is 670 g/mol. The first-order valence-electron chi connectivity index (χ1n) is 18.0. The molecule has 46 heavy (non-hydrogen) atoms. The monoisotopic (exact) mass is 670 g/mol.